The minimum atomic E-state index is -3.87. The summed E-state index contributed by atoms with van der Waals surface area (Å²) in [4.78, 5) is 3.56. The van der Waals surface area contributed by atoms with E-state index < -0.39 is 15.8 Å². The Kier molecular flexibility index (Phi) is 4.35. The number of rotatable bonds is 3. The summed E-state index contributed by atoms with van der Waals surface area (Å²) < 4.78 is 40.1. The van der Waals surface area contributed by atoms with Crippen LogP contribution in [-0.2, 0) is 10.0 Å². The normalized spacial score (nSPS) is 11.3. The molecule has 1 aromatic heterocycles. The van der Waals surface area contributed by atoms with Gasteiger partial charge < -0.3 is 5.73 Å². The van der Waals surface area contributed by atoms with Gasteiger partial charge in [0.05, 0.1) is 10.7 Å². The average molecular weight is 428 g/mol. The molecule has 2 aromatic rings. The zero-order chi connectivity index (χ0) is 14.9. The van der Waals surface area contributed by atoms with Crippen molar-refractivity contribution in [2.75, 3.05) is 10.5 Å². The van der Waals surface area contributed by atoms with E-state index in [1.807, 2.05) is 22.6 Å². The summed E-state index contributed by atoms with van der Waals surface area (Å²) in [6, 6.07) is 4.91. The fourth-order valence-corrected chi connectivity index (χ4v) is 3.43. The van der Waals surface area contributed by atoms with E-state index in [2.05, 4.69) is 9.71 Å². The molecule has 0 atom stereocenters. The lowest BCUT2D eigenvalue weighted by Gasteiger charge is -2.10. The average Bonchev–Trinajstić information content (AvgIpc) is 2.36. The number of aromatic nitrogens is 1. The lowest BCUT2D eigenvalue weighted by Crippen LogP contribution is -2.14. The quantitative estimate of drug-likeness (QED) is 0.738. The molecule has 0 saturated carbocycles. The zero-order valence-electron chi connectivity index (χ0n) is 9.77. The number of pyridine rings is 1. The number of anilines is 2. The van der Waals surface area contributed by atoms with Crippen LogP contribution in [0.1, 0.15) is 0 Å². The molecule has 0 unspecified atom stereocenters. The summed E-state index contributed by atoms with van der Waals surface area (Å²) in [7, 11) is -3.87. The standard InChI is InChI=1S/C11H8ClFIN3O2S/c12-8-4-7(5-16-11(8)15)20(18,19)17-10-2-1-6(13)3-9(10)14/h1-5,17H,(H2,15,16). The van der Waals surface area contributed by atoms with Crippen molar-refractivity contribution >= 4 is 55.7 Å². The number of nitrogen functional groups attached to an aromatic ring is 1. The Hall–Kier alpha value is -1.13. The number of nitrogens with two attached hydrogens (primary N) is 1. The smallest absolute Gasteiger partial charge is 0.263 e. The van der Waals surface area contributed by atoms with Crippen molar-refractivity contribution in [1.29, 1.82) is 0 Å². The molecule has 2 rings (SSSR count). The molecule has 0 bridgehead atoms. The van der Waals surface area contributed by atoms with Crippen LogP contribution in [0.4, 0.5) is 15.9 Å². The van der Waals surface area contributed by atoms with Gasteiger partial charge in [-0.15, -0.1) is 0 Å². The molecule has 0 aliphatic rings. The predicted molar refractivity (Wildman–Crippen MR) is 83.6 cm³/mol. The maximum Gasteiger partial charge on any atom is 0.263 e. The number of hydrogen-bond acceptors (Lipinski definition) is 4. The van der Waals surface area contributed by atoms with Crippen LogP contribution in [0, 0.1) is 9.39 Å². The molecular formula is C11H8ClFIN3O2S. The van der Waals surface area contributed by atoms with Crippen molar-refractivity contribution < 1.29 is 12.8 Å². The van der Waals surface area contributed by atoms with E-state index in [1.165, 1.54) is 18.2 Å². The molecule has 0 fully saturated rings. The lowest BCUT2D eigenvalue weighted by molar-refractivity contribution is 0.600. The van der Waals surface area contributed by atoms with E-state index in [4.69, 9.17) is 17.3 Å². The summed E-state index contributed by atoms with van der Waals surface area (Å²) in [5.41, 5.74) is 5.69. The third kappa shape index (κ3) is 3.30. The van der Waals surface area contributed by atoms with Crippen LogP contribution in [0.2, 0.25) is 5.02 Å². The highest BCUT2D eigenvalue weighted by atomic mass is 127. The van der Waals surface area contributed by atoms with Crippen LogP contribution < -0.4 is 10.5 Å². The van der Waals surface area contributed by atoms with Gasteiger partial charge in [-0.1, -0.05) is 11.6 Å². The van der Waals surface area contributed by atoms with Gasteiger partial charge in [0.15, 0.2) is 0 Å². The minimum absolute atomic E-state index is 0.0432. The highest BCUT2D eigenvalue weighted by Gasteiger charge is 2.17. The molecule has 0 saturated heterocycles. The van der Waals surface area contributed by atoms with E-state index in [9.17, 15) is 12.8 Å². The van der Waals surface area contributed by atoms with Gasteiger partial charge in [0.25, 0.3) is 10.0 Å². The number of halogens is 3. The summed E-state index contributed by atoms with van der Waals surface area (Å²) in [5.74, 6) is -0.406. The maximum absolute atomic E-state index is 13.0. The Labute approximate surface area is 133 Å². The number of nitrogens with zero attached hydrogens (tertiary/aromatic N) is 1. The summed E-state index contributed by atoms with van der Waals surface area (Å²) >= 11 is 7.57. The van der Waals surface area contributed by atoms with Crippen molar-refractivity contribution in [2.24, 2.45) is 0 Å². The van der Waals surface area contributed by atoms with Gasteiger partial charge in [-0.3, -0.25) is 4.72 Å². The molecule has 5 nitrogen and oxygen atoms in total. The van der Waals surface area contributed by atoms with E-state index in [0.717, 1.165) is 12.3 Å². The van der Waals surface area contributed by atoms with Gasteiger partial charge in [0.2, 0.25) is 0 Å². The first kappa shape index (κ1) is 15.3. The first-order valence-electron chi connectivity index (χ1n) is 5.18. The monoisotopic (exact) mass is 427 g/mol. The van der Waals surface area contributed by atoms with Crippen molar-refractivity contribution in [3.63, 3.8) is 0 Å². The van der Waals surface area contributed by atoms with E-state index in [1.54, 1.807) is 0 Å². The Morgan fingerprint density at radius 2 is 2.05 bits per heavy atom. The van der Waals surface area contributed by atoms with Gasteiger partial charge in [-0.05, 0) is 46.9 Å². The second-order valence-electron chi connectivity index (χ2n) is 3.77. The molecule has 0 amide bonds. The van der Waals surface area contributed by atoms with Gasteiger partial charge in [0.1, 0.15) is 16.5 Å². The summed E-state index contributed by atoms with van der Waals surface area (Å²) in [6.45, 7) is 0. The Balaban J connectivity index is 2.38. The molecule has 20 heavy (non-hydrogen) atoms. The molecule has 1 aromatic carbocycles. The minimum Gasteiger partial charge on any atom is -0.382 e. The van der Waals surface area contributed by atoms with Gasteiger partial charge in [-0.25, -0.2) is 17.8 Å². The van der Waals surface area contributed by atoms with Crippen LogP contribution in [0.25, 0.3) is 0 Å². The van der Waals surface area contributed by atoms with Crippen molar-refractivity contribution in [3.8, 4) is 0 Å². The lowest BCUT2D eigenvalue weighted by atomic mass is 10.3. The third-order valence-electron chi connectivity index (χ3n) is 2.33. The zero-order valence-corrected chi connectivity index (χ0v) is 13.5. The highest BCUT2D eigenvalue weighted by molar-refractivity contribution is 14.1. The van der Waals surface area contributed by atoms with Crippen molar-refractivity contribution in [1.82, 2.24) is 4.98 Å². The predicted octanol–water partition coefficient (Wildman–Crippen LogP) is 2.86. The highest BCUT2D eigenvalue weighted by Crippen LogP contribution is 2.24. The Morgan fingerprint density at radius 1 is 1.35 bits per heavy atom. The first-order valence-corrected chi connectivity index (χ1v) is 8.12. The second-order valence-corrected chi connectivity index (χ2v) is 7.02. The van der Waals surface area contributed by atoms with Crippen LogP contribution in [0.15, 0.2) is 35.4 Å². The molecule has 0 spiro atoms. The van der Waals surface area contributed by atoms with Crippen LogP contribution in [0.3, 0.4) is 0 Å². The maximum atomic E-state index is 13.0. The molecule has 0 aliphatic carbocycles. The largest absolute Gasteiger partial charge is 0.382 e. The topological polar surface area (TPSA) is 85.1 Å². The van der Waals surface area contributed by atoms with Crippen LogP contribution >= 0.6 is 34.2 Å². The van der Waals surface area contributed by atoms with Gasteiger partial charge in [-0.2, -0.15) is 0 Å². The molecule has 106 valence electrons. The SMILES string of the molecule is Nc1ncc(S(=O)(=O)Nc2ccc(F)cc2I)cc1Cl. The van der Waals surface area contributed by atoms with Crippen LogP contribution in [-0.4, -0.2) is 13.4 Å². The molecule has 0 aliphatic heterocycles. The Bertz CT molecular complexity index is 770. The number of hydrogen-bond donors (Lipinski definition) is 2. The van der Waals surface area contributed by atoms with Crippen LogP contribution in [0.5, 0.6) is 0 Å². The Morgan fingerprint density at radius 3 is 2.65 bits per heavy atom. The van der Waals surface area contributed by atoms with E-state index in [0.29, 0.717) is 3.57 Å². The molecule has 9 heteroatoms. The number of benzene rings is 1. The van der Waals surface area contributed by atoms with Gasteiger partial charge >= 0.3 is 0 Å². The first-order chi connectivity index (χ1) is 9.29. The number of sulfonamides is 1. The summed E-state index contributed by atoms with van der Waals surface area (Å²) in [6.07, 6.45) is 1.10. The van der Waals surface area contributed by atoms with Crippen molar-refractivity contribution in [3.05, 3.63) is 44.9 Å². The molecular weight excluding hydrogens is 420 g/mol. The van der Waals surface area contributed by atoms with Gasteiger partial charge in [0, 0.05) is 9.77 Å². The van der Waals surface area contributed by atoms with Crippen molar-refractivity contribution in [2.45, 2.75) is 4.90 Å². The fourth-order valence-electron chi connectivity index (χ4n) is 1.35. The molecule has 0 radical (unpaired) electrons. The number of nitrogens with one attached hydrogen (secondary N) is 1. The fraction of sp³-hybridized carbons (Fsp3) is 0. The second kappa shape index (κ2) is 5.70. The summed E-state index contributed by atoms with van der Waals surface area (Å²) in [5, 5.41) is 0.0432. The third-order valence-corrected chi connectivity index (χ3v) is 4.86. The molecule has 1 heterocycles. The van der Waals surface area contributed by atoms with E-state index in [-0.39, 0.29) is 21.4 Å². The molecule has 3 N–H and O–H groups in total. The van der Waals surface area contributed by atoms with E-state index >= 15 is 0 Å².